The summed E-state index contributed by atoms with van der Waals surface area (Å²) < 4.78 is 19.2. The fraction of sp³-hybridized carbons (Fsp3) is 0.588. The maximum atomic E-state index is 13.7. The zero-order valence-electron chi connectivity index (χ0n) is 14.1. The fourth-order valence-electron chi connectivity index (χ4n) is 2.67. The maximum Gasteiger partial charge on any atom is 0.261 e. The summed E-state index contributed by atoms with van der Waals surface area (Å²) in [5.41, 5.74) is 0. The lowest BCUT2D eigenvalue weighted by Gasteiger charge is -2.37. The molecule has 1 fully saturated rings. The van der Waals surface area contributed by atoms with Gasteiger partial charge in [0.05, 0.1) is 0 Å². The molecule has 1 saturated heterocycles. The van der Waals surface area contributed by atoms with E-state index in [0.29, 0.717) is 13.0 Å². The number of ether oxygens (including phenoxy) is 1. The summed E-state index contributed by atoms with van der Waals surface area (Å²) in [5.74, 6) is -0.534. The fourth-order valence-corrected chi connectivity index (χ4v) is 2.67. The molecule has 0 spiro atoms. The molecular weight excluding hydrogens is 297 g/mol. The first-order valence-corrected chi connectivity index (χ1v) is 8.09. The number of carbonyl (C=O) groups excluding carboxylic acids is 1. The number of hydrogen-bond acceptors (Lipinski definition) is 4. The molecule has 2 rings (SSSR count). The molecular formula is C17H26FN3O2. The average Bonchev–Trinajstić information content (AvgIpc) is 2.54. The number of nitrogens with one attached hydrogen (secondary N) is 1. The highest BCUT2D eigenvalue weighted by atomic mass is 19.1. The zero-order valence-corrected chi connectivity index (χ0v) is 14.1. The van der Waals surface area contributed by atoms with Gasteiger partial charge in [-0.2, -0.15) is 0 Å². The van der Waals surface area contributed by atoms with E-state index in [2.05, 4.69) is 29.2 Å². The SMILES string of the molecule is CC[C@@H](Oc1ccccc1F)C(=O)NC[C@H]1CN(C)CCN1C. The minimum Gasteiger partial charge on any atom is -0.478 e. The van der Waals surface area contributed by atoms with Crippen LogP contribution in [0.4, 0.5) is 4.39 Å². The predicted molar refractivity (Wildman–Crippen MR) is 88.0 cm³/mol. The van der Waals surface area contributed by atoms with Gasteiger partial charge in [-0.15, -0.1) is 0 Å². The third-order valence-corrected chi connectivity index (χ3v) is 4.26. The van der Waals surface area contributed by atoms with E-state index in [4.69, 9.17) is 4.74 Å². The van der Waals surface area contributed by atoms with Gasteiger partial charge in [-0.25, -0.2) is 4.39 Å². The molecule has 23 heavy (non-hydrogen) atoms. The van der Waals surface area contributed by atoms with E-state index in [1.807, 2.05) is 6.92 Å². The van der Waals surface area contributed by atoms with Gasteiger partial charge in [-0.1, -0.05) is 19.1 Å². The number of halogens is 1. The molecule has 5 nitrogen and oxygen atoms in total. The number of benzene rings is 1. The molecule has 2 atom stereocenters. The summed E-state index contributed by atoms with van der Waals surface area (Å²) >= 11 is 0. The molecule has 0 radical (unpaired) electrons. The van der Waals surface area contributed by atoms with Crippen LogP contribution in [-0.2, 0) is 4.79 Å². The van der Waals surface area contributed by atoms with E-state index in [9.17, 15) is 9.18 Å². The average molecular weight is 323 g/mol. The molecule has 1 amide bonds. The van der Waals surface area contributed by atoms with Crippen molar-refractivity contribution in [1.82, 2.24) is 15.1 Å². The minimum atomic E-state index is -0.682. The van der Waals surface area contributed by atoms with Gasteiger partial charge in [-0.05, 0) is 32.6 Å². The van der Waals surface area contributed by atoms with Gasteiger partial charge in [0.2, 0.25) is 0 Å². The monoisotopic (exact) mass is 323 g/mol. The van der Waals surface area contributed by atoms with Crippen molar-refractivity contribution in [1.29, 1.82) is 0 Å². The summed E-state index contributed by atoms with van der Waals surface area (Å²) in [6, 6.07) is 6.43. The maximum absolute atomic E-state index is 13.7. The molecule has 1 aliphatic rings. The molecule has 0 saturated carbocycles. The summed E-state index contributed by atoms with van der Waals surface area (Å²) in [5, 5.41) is 2.94. The second-order valence-electron chi connectivity index (χ2n) is 6.09. The van der Waals surface area contributed by atoms with Crippen LogP contribution in [0.15, 0.2) is 24.3 Å². The Bertz CT molecular complexity index is 526. The molecule has 6 heteroatoms. The highest BCUT2D eigenvalue weighted by Crippen LogP contribution is 2.18. The molecule has 128 valence electrons. The Balaban J connectivity index is 1.88. The van der Waals surface area contributed by atoms with Crippen LogP contribution >= 0.6 is 0 Å². The lowest BCUT2D eigenvalue weighted by atomic mass is 10.1. The van der Waals surface area contributed by atoms with Crippen molar-refractivity contribution in [2.75, 3.05) is 40.3 Å². The van der Waals surface area contributed by atoms with Gasteiger partial charge >= 0.3 is 0 Å². The van der Waals surface area contributed by atoms with Crippen molar-refractivity contribution in [3.05, 3.63) is 30.1 Å². The molecule has 1 aliphatic heterocycles. The normalized spacial score (nSPS) is 21.0. The summed E-state index contributed by atoms with van der Waals surface area (Å²) in [6.07, 6.45) is -0.195. The first-order chi connectivity index (χ1) is 11.0. The Hall–Kier alpha value is -1.66. The number of hydrogen-bond donors (Lipinski definition) is 1. The van der Waals surface area contributed by atoms with E-state index in [-0.39, 0.29) is 17.7 Å². The van der Waals surface area contributed by atoms with Crippen LogP contribution in [0.3, 0.4) is 0 Å². The highest BCUT2D eigenvalue weighted by Gasteiger charge is 2.25. The molecule has 0 aromatic heterocycles. The third kappa shape index (κ3) is 4.91. The quantitative estimate of drug-likeness (QED) is 0.858. The van der Waals surface area contributed by atoms with Gasteiger partial charge in [0.1, 0.15) is 0 Å². The van der Waals surface area contributed by atoms with Crippen LogP contribution in [0.25, 0.3) is 0 Å². The van der Waals surface area contributed by atoms with Crippen molar-refractivity contribution in [2.45, 2.75) is 25.5 Å². The summed E-state index contributed by atoms with van der Waals surface area (Å²) in [7, 11) is 4.15. The van der Waals surface area contributed by atoms with Gasteiger partial charge < -0.3 is 15.0 Å². The number of likely N-dealkylation sites (N-methyl/N-ethyl adjacent to an activating group) is 2. The van der Waals surface area contributed by atoms with Crippen LogP contribution in [0.5, 0.6) is 5.75 Å². The van der Waals surface area contributed by atoms with Gasteiger partial charge in [0.25, 0.3) is 5.91 Å². The van der Waals surface area contributed by atoms with Crippen LogP contribution in [0.2, 0.25) is 0 Å². The molecule has 0 aliphatic carbocycles. The number of nitrogens with zero attached hydrogens (tertiary/aromatic N) is 2. The Morgan fingerprint density at radius 1 is 1.39 bits per heavy atom. The van der Waals surface area contributed by atoms with Crippen molar-refractivity contribution < 1.29 is 13.9 Å². The van der Waals surface area contributed by atoms with Crippen molar-refractivity contribution in [3.63, 3.8) is 0 Å². The van der Waals surface area contributed by atoms with E-state index < -0.39 is 11.9 Å². The Kier molecular flexibility index (Phi) is 6.36. The second kappa shape index (κ2) is 8.26. The van der Waals surface area contributed by atoms with E-state index >= 15 is 0 Å². The van der Waals surface area contributed by atoms with Gasteiger partial charge in [-0.3, -0.25) is 9.69 Å². The molecule has 0 bridgehead atoms. The zero-order chi connectivity index (χ0) is 16.8. The second-order valence-corrected chi connectivity index (χ2v) is 6.09. The van der Waals surface area contributed by atoms with Crippen LogP contribution in [-0.4, -0.2) is 68.1 Å². The number of carbonyl (C=O) groups is 1. The standard InChI is InChI=1S/C17H26FN3O2/c1-4-15(23-16-8-6-5-7-14(16)18)17(22)19-11-13-12-20(2)9-10-21(13)3/h5-8,13,15H,4,9-12H2,1-3H3,(H,19,22)/t13-,15+/m0/s1. The third-order valence-electron chi connectivity index (χ3n) is 4.26. The first-order valence-electron chi connectivity index (χ1n) is 8.09. The first kappa shape index (κ1) is 17.7. The van der Waals surface area contributed by atoms with E-state index in [1.165, 1.54) is 12.1 Å². The molecule has 1 N–H and O–H groups in total. The molecule has 1 aromatic carbocycles. The highest BCUT2D eigenvalue weighted by molar-refractivity contribution is 5.81. The Morgan fingerprint density at radius 3 is 2.83 bits per heavy atom. The van der Waals surface area contributed by atoms with Crippen LogP contribution in [0, 0.1) is 5.82 Å². The number of rotatable bonds is 6. The largest absolute Gasteiger partial charge is 0.478 e. The minimum absolute atomic E-state index is 0.115. The van der Waals surface area contributed by atoms with E-state index in [1.54, 1.807) is 12.1 Å². The van der Waals surface area contributed by atoms with E-state index in [0.717, 1.165) is 19.6 Å². The summed E-state index contributed by atoms with van der Waals surface area (Å²) in [6.45, 7) is 5.36. The van der Waals surface area contributed by atoms with Gasteiger partial charge in [0, 0.05) is 32.2 Å². The van der Waals surface area contributed by atoms with Crippen LogP contribution in [0.1, 0.15) is 13.3 Å². The lowest BCUT2D eigenvalue weighted by molar-refractivity contribution is -0.128. The van der Waals surface area contributed by atoms with Crippen molar-refractivity contribution in [3.8, 4) is 5.75 Å². The Morgan fingerprint density at radius 2 is 2.13 bits per heavy atom. The molecule has 0 unspecified atom stereocenters. The van der Waals surface area contributed by atoms with Gasteiger partial charge in [0.15, 0.2) is 17.7 Å². The smallest absolute Gasteiger partial charge is 0.261 e. The topological polar surface area (TPSA) is 44.8 Å². The number of para-hydroxylation sites is 1. The summed E-state index contributed by atoms with van der Waals surface area (Å²) in [4.78, 5) is 16.8. The van der Waals surface area contributed by atoms with Crippen molar-refractivity contribution in [2.24, 2.45) is 0 Å². The number of amides is 1. The molecule has 1 aromatic rings. The van der Waals surface area contributed by atoms with Crippen molar-refractivity contribution >= 4 is 5.91 Å². The predicted octanol–water partition coefficient (Wildman–Crippen LogP) is 1.35. The Labute approximate surface area is 137 Å². The van der Waals surface area contributed by atoms with Crippen LogP contribution < -0.4 is 10.1 Å². The lowest BCUT2D eigenvalue weighted by Crippen LogP contribution is -2.55. The molecule has 1 heterocycles. The number of piperazine rings is 1.